The largest absolute Gasteiger partial charge is 0.478 e. The number of aromatic nitrogens is 6. The molecule has 9 rings (SSSR count). The summed E-state index contributed by atoms with van der Waals surface area (Å²) in [7, 11) is -11.2. The minimum absolute atomic E-state index is 0.0354. The van der Waals surface area contributed by atoms with Crippen LogP contribution in [0.3, 0.4) is 0 Å². The predicted octanol–water partition coefficient (Wildman–Crippen LogP) is 14.7. The average molecular weight is 1670 g/mol. The lowest BCUT2D eigenvalue weighted by Gasteiger charge is -2.33. The minimum atomic E-state index is -3.78. The number of carboxylic acid groups (broad SMARTS) is 1. The van der Waals surface area contributed by atoms with Crippen LogP contribution in [0.1, 0.15) is 235 Å². The van der Waals surface area contributed by atoms with Crippen LogP contribution in [-0.4, -0.2) is 159 Å². The fraction of sp³-hybridized carbons (Fsp3) is 0.603. The van der Waals surface area contributed by atoms with E-state index in [2.05, 4.69) is 107 Å². The van der Waals surface area contributed by atoms with Gasteiger partial charge in [0.2, 0.25) is 5.88 Å². The van der Waals surface area contributed by atoms with Gasteiger partial charge in [-0.1, -0.05) is 49.3 Å². The molecule has 0 radical (unpaired) electrons. The van der Waals surface area contributed by atoms with Crippen molar-refractivity contribution in [3.8, 4) is 35.9 Å². The first-order chi connectivity index (χ1) is 50.7. The van der Waals surface area contributed by atoms with Crippen molar-refractivity contribution in [2.45, 2.75) is 268 Å². The average Bonchev–Trinajstić information content (AvgIpc) is 1.66. The molecule has 4 aliphatic rings. The van der Waals surface area contributed by atoms with E-state index < -0.39 is 52.8 Å². The van der Waals surface area contributed by atoms with Gasteiger partial charge in [0.05, 0.1) is 12.2 Å². The Morgan fingerprint density at radius 3 is 1.44 bits per heavy atom. The smallest absolute Gasteiger partial charge is 0.410 e. The number of hydrogen-bond acceptors (Lipinski definition) is 19. The third-order valence-corrected chi connectivity index (χ3v) is 21.6. The van der Waals surface area contributed by atoms with Crippen LogP contribution in [0.2, 0.25) is 5.15 Å². The number of halogens is 2. The van der Waals surface area contributed by atoms with Crippen LogP contribution in [0.15, 0.2) is 98.9 Å². The summed E-state index contributed by atoms with van der Waals surface area (Å²) in [6.07, 6.45) is 27.9. The number of pyridine rings is 4. The van der Waals surface area contributed by atoms with E-state index in [1.54, 1.807) is 42.7 Å². The number of primary sulfonamides is 3. The molecule has 3 unspecified atom stereocenters. The number of ether oxygens (including phenoxy) is 4. The van der Waals surface area contributed by atoms with Gasteiger partial charge in [-0.2, -0.15) is 0 Å². The number of nitrogens with two attached hydrogens (primary N) is 3. The van der Waals surface area contributed by atoms with Gasteiger partial charge in [0.15, 0.2) is 20.9 Å². The Labute approximate surface area is 665 Å². The van der Waals surface area contributed by atoms with Crippen LogP contribution in [0.5, 0.6) is 5.88 Å². The van der Waals surface area contributed by atoms with Crippen molar-refractivity contribution < 1.29 is 68.5 Å². The number of terminal acetylenes is 1. The number of aromatic carboxylic acids is 1. The van der Waals surface area contributed by atoms with E-state index in [1.165, 1.54) is 54.2 Å². The molecule has 5 aromatic heterocycles. The van der Waals surface area contributed by atoms with Crippen molar-refractivity contribution in [1.29, 1.82) is 0 Å². The highest BCUT2D eigenvalue weighted by molar-refractivity contribution is 9.10. The van der Waals surface area contributed by atoms with Gasteiger partial charge in [-0.15, -0.1) is 17.4 Å². The van der Waals surface area contributed by atoms with Gasteiger partial charge in [0.25, 0.3) is 30.1 Å². The molecule has 0 bridgehead atoms. The molecular weight excluding hydrogens is 1560 g/mol. The zero-order chi connectivity index (χ0) is 82.7. The predicted molar refractivity (Wildman–Crippen MR) is 426 cm³/mol. The number of unbranched alkanes of at least 4 members (excludes halogenated alkanes) is 4. The molecule has 0 spiro atoms. The highest BCUT2D eigenvalue weighted by Gasteiger charge is 2.45. The molecule has 1 saturated carbocycles. The number of carboxylic acids is 1. The van der Waals surface area contributed by atoms with Gasteiger partial charge < -0.3 is 38.8 Å². The number of hydrogen-bond donors (Lipinski definition) is 4. The van der Waals surface area contributed by atoms with Crippen molar-refractivity contribution in [1.82, 2.24) is 44.4 Å². The van der Waals surface area contributed by atoms with E-state index in [0.29, 0.717) is 58.1 Å². The maximum atomic E-state index is 12.5. The van der Waals surface area contributed by atoms with Crippen LogP contribution in [0, 0.1) is 47.4 Å². The SMILES string of the molecule is C#CCCCC1CN(C(=O)OC(C)(C)C)C(C)(C)C1.CC(C)(C)OC(=O)N1CC(CCCC#Cc2ccc(S(N)(=O)=O)nc2)CC1(C)C.CC(C)(C)OC(=O)N1CC(CCCCCc2ccc(S(N)(=O)=O)nc2)CC1(C)C.CC1(CCOc2ccn(-c3ccc(C(=O)O)c(Cl)n3)n2)CC1.NS(=O)(=O)c1ccc(Br)cn1. The number of aryl methyl sites for hydroxylation is 1. The lowest BCUT2D eigenvalue weighted by atomic mass is 9.92. The van der Waals surface area contributed by atoms with Gasteiger partial charge in [0.1, 0.15) is 22.0 Å². The van der Waals surface area contributed by atoms with Crippen molar-refractivity contribution in [2.24, 2.45) is 38.6 Å². The van der Waals surface area contributed by atoms with E-state index in [9.17, 15) is 44.4 Å². The summed E-state index contributed by atoms with van der Waals surface area (Å²) in [5.74, 6) is 10.1. The highest BCUT2D eigenvalue weighted by Crippen LogP contribution is 2.48. The summed E-state index contributed by atoms with van der Waals surface area (Å²) in [4.78, 5) is 69.0. The van der Waals surface area contributed by atoms with Gasteiger partial charge >= 0.3 is 24.2 Å². The van der Waals surface area contributed by atoms with Gasteiger partial charge in [-0.05, 0) is 274 Å². The summed E-state index contributed by atoms with van der Waals surface area (Å²) in [6, 6.07) is 13.8. The molecule has 608 valence electrons. The van der Waals surface area contributed by atoms with E-state index in [4.69, 9.17) is 57.5 Å². The molecular formula is C78H114BrClN12O15S3. The number of rotatable bonds is 21. The summed E-state index contributed by atoms with van der Waals surface area (Å²) < 4.78 is 90.6. The van der Waals surface area contributed by atoms with E-state index >= 15 is 0 Å². The normalized spacial score (nSPS) is 18.1. The molecule has 1 aliphatic carbocycles. The van der Waals surface area contributed by atoms with Crippen LogP contribution < -0.4 is 20.2 Å². The monoisotopic (exact) mass is 1670 g/mol. The number of sulfonamides is 3. The molecule has 27 nitrogen and oxygen atoms in total. The first kappa shape index (κ1) is 93.1. The summed E-state index contributed by atoms with van der Waals surface area (Å²) in [5.41, 5.74) is 0.147. The molecule has 5 aromatic rings. The Balaban J connectivity index is 0.000000253. The third kappa shape index (κ3) is 32.3. The van der Waals surface area contributed by atoms with Crippen molar-refractivity contribution in [2.75, 3.05) is 26.2 Å². The number of amides is 3. The Morgan fingerprint density at radius 1 is 0.600 bits per heavy atom. The number of nitrogens with zero attached hydrogens (tertiary/aromatic N) is 9. The summed E-state index contributed by atoms with van der Waals surface area (Å²) in [5, 5.41) is 27.6. The molecule has 8 heterocycles. The van der Waals surface area contributed by atoms with Crippen molar-refractivity contribution in [3.63, 3.8) is 0 Å². The Hall–Kier alpha value is -7.49. The maximum Gasteiger partial charge on any atom is 0.410 e. The topological polar surface area (TPSA) is 385 Å². The Kier molecular flexibility index (Phi) is 33.3. The first-order valence-electron chi connectivity index (χ1n) is 36.8. The molecule has 4 fully saturated rings. The zero-order valence-corrected chi connectivity index (χ0v) is 71.4. The van der Waals surface area contributed by atoms with Crippen LogP contribution in [0.25, 0.3) is 5.82 Å². The fourth-order valence-corrected chi connectivity index (χ4v) is 14.5. The van der Waals surface area contributed by atoms with Gasteiger partial charge in [-0.25, -0.2) is 84.5 Å². The van der Waals surface area contributed by atoms with E-state index in [0.717, 1.165) is 115 Å². The minimum Gasteiger partial charge on any atom is -0.478 e. The number of likely N-dealkylation sites (tertiary alicyclic amines) is 3. The fourth-order valence-electron chi connectivity index (χ4n) is 12.7. The molecule has 110 heavy (non-hydrogen) atoms. The van der Waals surface area contributed by atoms with Crippen LogP contribution in [0.4, 0.5) is 14.4 Å². The molecule has 3 saturated heterocycles. The standard InChI is InChI=1S/C21H35N3O4S.C21H31N3O4S.C16H27NO2.C15H16ClN3O3.C5H5BrN2O2S/c2*1-20(2,3)28-19(25)24-15-17(13-21(24,4)5)10-8-6-7-9-16-11-12-18(23-14-16)29(22,26)27;1-7-8-9-10-13-11-16(5,6)17(12-13)14(18)19-15(2,3)4;1-15(5-6-15)7-9-22-12-4-8-19(18-12)11-3-2-10(14(20)21)13(16)17-11;6-4-1-2-5(8-3-4)11(7,9)10/h11-12,14,17H,6-10,13,15H2,1-5H3,(H2,22,26,27);11-12,14,17H,6,8,10,13,15H2,1-5H3,(H2,22,26,27);1,13H,8-12H2,2-6H3;2-4,8H,5-7,9H2,1H3,(H,20,21);1-3H,(H2,7,9,10). The Morgan fingerprint density at radius 2 is 1.05 bits per heavy atom. The third-order valence-electron chi connectivity index (χ3n) is 18.4. The first-order valence-corrected chi connectivity index (χ1v) is 42.6. The second-order valence-electron chi connectivity index (χ2n) is 33.5. The van der Waals surface area contributed by atoms with Crippen LogP contribution >= 0.6 is 27.5 Å². The number of carbonyl (C=O) groups is 4. The Bertz CT molecular complexity index is 4370. The summed E-state index contributed by atoms with van der Waals surface area (Å²) in [6.45, 7) is 34.7. The van der Waals surface area contributed by atoms with E-state index in [-0.39, 0.29) is 60.7 Å². The lowest BCUT2D eigenvalue weighted by Crippen LogP contribution is -2.45. The zero-order valence-electron chi connectivity index (χ0n) is 66.6. The quantitative estimate of drug-likeness (QED) is 0.0229. The molecule has 3 aliphatic heterocycles. The van der Waals surface area contributed by atoms with Crippen molar-refractivity contribution in [3.05, 3.63) is 106 Å². The van der Waals surface area contributed by atoms with E-state index in [1.807, 2.05) is 77.0 Å². The molecule has 3 atom stereocenters. The van der Waals surface area contributed by atoms with Crippen LogP contribution in [-0.2, 0) is 50.7 Å². The van der Waals surface area contributed by atoms with Gasteiger partial charge in [0, 0.05) is 90.0 Å². The molecule has 3 amide bonds. The highest BCUT2D eigenvalue weighted by atomic mass is 79.9. The van der Waals surface area contributed by atoms with Gasteiger partial charge in [-0.3, -0.25) is 0 Å². The molecule has 32 heteroatoms. The maximum absolute atomic E-state index is 12.5. The molecule has 0 aromatic carbocycles. The lowest BCUT2D eigenvalue weighted by molar-refractivity contribution is 0.0118. The number of carbonyl (C=O) groups excluding carboxylic acids is 3. The molecule has 7 N–H and O–H groups in total. The summed E-state index contributed by atoms with van der Waals surface area (Å²) >= 11 is 8.97. The van der Waals surface area contributed by atoms with Crippen molar-refractivity contribution >= 4 is 81.8 Å². The second-order valence-corrected chi connectivity index (χ2v) is 39.3. The second kappa shape index (κ2) is 39.3.